The highest BCUT2D eigenvalue weighted by Crippen LogP contribution is 2.32. The number of rotatable bonds is 3. The van der Waals surface area contributed by atoms with E-state index in [9.17, 15) is 31.1 Å². The molecule has 1 aromatic carbocycles. The van der Waals surface area contributed by atoms with Crippen LogP contribution in [0.5, 0.6) is 5.75 Å². The fraction of sp³-hybridized carbons (Fsp3) is 0.500. The Morgan fingerprint density at radius 2 is 1.68 bits per heavy atom. The third kappa shape index (κ3) is 5.77. The van der Waals surface area contributed by atoms with Gasteiger partial charge in [0.05, 0.1) is 12.1 Å². The van der Waals surface area contributed by atoms with Crippen LogP contribution in [0.25, 0.3) is 0 Å². The Kier molecular flexibility index (Phi) is 5.87. The van der Waals surface area contributed by atoms with Gasteiger partial charge in [0.1, 0.15) is 5.75 Å². The Bertz CT molecular complexity index is 627. The minimum Gasteiger partial charge on any atom is -0.405 e. The number of halogens is 7. The molecule has 0 aromatic heterocycles. The highest BCUT2D eigenvalue weighted by atomic mass is 79.9. The molecule has 1 aliphatic rings. The Balaban J connectivity index is 2.12. The van der Waals surface area contributed by atoms with Gasteiger partial charge in [-0.1, -0.05) is 6.07 Å². The van der Waals surface area contributed by atoms with Crippen molar-refractivity contribution in [3.8, 4) is 5.75 Å². The molecule has 1 aliphatic heterocycles. The lowest BCUT2D eigenvalue weighted by atomic mass is 10.1. The molecule has 25 heavy (non-hydrogen) atoms. The van der Waals surface area contributed by atoms with E-state index in [1.165, 1.54) is 17.0 Å². The van der Waals surface area contributed by atoms with Gasteiger partial charge in [-0.05, 0) is 28.1 Å². The molecule has 0 atom stereocenters. The lowest BCUT2D eigenvalue weighted by Gasteiger charge is -2.35. The average Bonchev–Trinajstić information content (AvgIpc) is 2.44. The summed E-state index contributed by atoms with van der Waals surface area (Å²) in [6, 6.07) is 3.67. The zero-order valence-corrected chi connectivity index (χ0v) is 14.2. The minimum absolute atomic E-state index is 0.0227. The number of benzene rings is 1. The molecule has 0 spiro atoms. The van der Waals surface area contributed by atoms with Crippen LogP contribution < -0.4 is 4.74 Å². The number of carbonyl (C=O) groups excluding carboxylic acids is 1. The molecule has 0 aliphatic carbocycles. The molecule has 0 saturated carbocycles. The molecule has 0 N–H and O–H groups in total. The predicted molar refractivity (Wildman–Crippen MR) is 79.2 cm³/mol. The molecule has 11 heteroatoms. The summed E-state index contributed by atoms with van der Waals surface area (Å²) in [5.41, 5.74) is -0.316. The number of ether oxygens (including phenoxy) is 1. The van der Waals surface area contributed by atoms with E-state index in [2.05, 4.69) is 20.7 Å². The summed E-state index contributed by atoms with van der Waals surface area (Å²) >= 11 is 3.02. The van der Waals surface area contributed by atoms with Gasteiger partial charge >= 0.3 is 12.5 Å². The second-order valence-electron chi connectivity index (χ2n) is 5.34. The fourth-order valence-corrected chi connectivity index (χ4v) is 2.96. The summed E-state index contributed by atoms with van der Waals surface area (Å²) in [5.74, 6) is -1.40. The van der Waals surface area contributed by atoms with Crippen LogP contribution in [0.2, 0.25) is 0 Å². The van der Waals surface area contributed by atoms with Crippen LogP contribution in [0.4, 0.5) is 26.3 Å². The maximum Gasteiger partial charge on any atom is 0.573 e. The largest absolute Gasteiger partial charge is 0.573 e. The van der Waals surface area contributed by atoms with Crippen molar-refractivity contribution in [3.63, 3.8) is 0 Å². The fourth-order valence-electron chi connectivity index (χ4n) is 2.44. The first-order valence-corrected chi connectivity index (χ1v) is 7.88. The molecule has 140 valence electrons. The van der Waals surface area contributed by atoms with Crippen LogP contribution in [-0.4, -0.2) is 61.0 Å². The molecular formula is C14H13BrF6N2O2. The molecule has 2 rings (SSSR count). The van der Waals surface area contributed by atoms with E-state index in [-0.39, 0.29) is 36.2 Å². The molecule has 0 radical (unpaired) electrons. The summed E-state index contributed by atoms with van der Waals surface area (Å²) in [7, 11) is 0. The first-order valence-electron chi connectivity index (χ1n) is 7.09. The van der Waals surface area contributed by atoms with Gasteiger partial charge in [-0.3, -0.25) is 9.69 Å². The van der Waals surface area contributed by atoms with Gasteiger partial charge < -0.3 is 9.64 Å². The molecule has 0 bridgehead atoms. The molecule has 1 saturated heterocycles. The Morgan fingerprint density at radius 3 is 2.20 bits per heavy atom. The van der Waals surface area contributed by atoms with Crippen LogP contribution in [0.3, 0.4) is 0 Å². The zero-order chi connectivity index (χ0) is 18.8. The van der Waals surface area contributed by atoms with Crippen LogP contribution in [0, 0.1) is 0 Å². The third-order valence-electron chi connectivity index (χ3n) is 3.48. The number of amides is 1. The molecule has 0 unspecified atom stereocenters. The van der Waals surface area contributed by atoms with E-state index in [0.29, 0.717) is 0 Å². The highest BCUT2D eigenvalue weighted by molar-refractivity contribution is 9.10. The normalized spacial score (nSPS) is 16.8. The lowest BCUT2D eigenvalue weighted by Crippen LogP contribution is -2.51. The van der Waals surface area contributed by atoms with Crippen LogP contribution in [-0.2, 0) is 0 Å². The van der Waals surface area contributed by atoms with Gasteiger partial charge in [-0.25, -0.2) is 0 Å². The van der Waals surface area contributed by atoms with Crippen molar-refractivity contribution in [1.29, 1.82) is 0 Å². The van der Waals surface area contributed by atoms with Crippen molar-refractivity contribution < 1.29 is 35.9 Å². The summed E-state index contributed by atoms with van der Waals surface area (Å²) in [6.07, 6.45) is -9.32. The van der Waals surface area contributed by atoms with E-state index in [0.717, 1.165) is 11.0 Å². The monoisotopic (exact) mass is 434 g/mol. The number of nitrogens with zero attached hydrogens (tertiary/aromatic N) is 2. The second-order valence-corrected chi connectivity index (χ2v) is 6.20. The van der Waals surface area contributed by atoms with Gasteiger partial charge in [0.15, 0.2) is 0 Å². The van der Waals surface area contributed by atoms with Crippen LogP contribution in [0.1, 0.15) is 10.4 Å². The maximum absolute atomic E-state index is 12.5. The standard InChI is InChI=1S/C14H13BrF6N2O2/c15-9-2-1-3-10(25-14(19,20)21)11(9)12(24)23-6-4-22(5-7-23)8-13(16,17)18/h1-3H,4-8H2. The maximum atomic E-state index is 12.5. The predicted octanol–water partition coefficient (Wildman–Crippen LogP) is 3.67. The van der Waals surface area contributed by atoms with Crippen molar-refractivity contribution in [1.82, 2.24) is 9.80 Å². The minimum atomic E-state index is -4.97. The van der Waals surface area contributed by atoms with E-state index < -0.39 is 30.7 Å². The van der Waals surface area contributed by atoms with E-state index in [4.69, 9.17) is 0 Å². The van der Waals surface area contributed by atoms with Crippen LogP contribution in [0.15, 0.2) is 22.7 Å². The van der Waals surface area contributed by atoms with Crippen LogP contribution >= 0.6 is 15.9 Å². The molecule has 4 nitrogen and oxygen atoms in total. The molecule has 1 aromatic rings. The van der Waals surface area contributed by atoms with Crippen molar-refractivity contribution in [3.05, 3.63) is 28.2 Å². The summed E-state index contributed by atoms with van der Waals surface area (Å²) < 4.78 is 78.6. The average molecular weight is 435 g/mol. The quantitative estimate of drug-likeness (QED) is 0.680. The first-order chi connectivity index (χ1) is 11.5. The first kappa shape index (κ1) is 19.8. The molecule has 1 heterocycles. The SMILES string of the molecule is O=C(c1c(Br)cccc1OC(F)(F)F)N1CCN(CC(F)(F)F)CC1. The van der Waals surface area contributed by atoms with Crippen molar-refractivity contribution in [2.75, 3.05) is 32.7 Å². The van der Waals surface area contributed by atoms with E-state index >= 15 is 0 Å². The zero-order valence-electron chi connectivity index (χ0n) is 12.6. The van der Waals surface area contributed by atoms with Gasteiger partial charge in [0.25, 0.3) is 5.91 Å². The molecular weight excluding hydrogens is 422 g/mol. The number of hydrogen-bond acceptors (Lipinski definition) is 3. The number of piperazine rings is 1. The second kappa shape index (κ2) is 7.40. The topological polar surface area (TPSA) is 32.8 Å². The van der Waals surface area contributed by atoms with E-state index in [1.807, 2.05) is 0 Å². The summed E-state index contributed by atoms with van der Waals surface area (Å²) in [4.78, 5) is 14.9. The van der Waals surface area contributed by atoms with E-state index in [1.54, 1.807) is 0 Å². The van der Waals surface area contributed by atoms with Gasteiger partial charge in [0, 0.05) is 30.7 Å². The van der Waals surface area contributed by atoms with Gasteiger partial charge in [-0.2, -0.15) is 13.2 Å². The Morgan fingerprint density at radius 1 is 1.08 bits per heavy atom. The van der Waals surface area contributed by atoms with Crippen molar-refractivity contribution >= 4 is 21.8 Å². The lowest BCUT2D eigenvalue weighted by molar-refractivity contribution is -0.274. The molecule has 1 fully saturated rings. The molecule has 1 amide bonds. The van der Waals surface area contributed by atoms with Gasteiger partial charge in [0.2, 0.25) is 0 Å². The Hall–Kier alpha value is -1.49. The Labute approximate surface area is 147 Å². The van der Waals surface area contributed by atoms with Crippen molar-refractivity contribution in [2.45, 2.75) is 12.5 Å². The number of hydrogen-bond donors (Lipinski definition) is 0. The number of carbonyl (C=O) groups is 1. The van der Waals surface area contributed by atoms with Crippen molar-refractivity contribution in [2.24, 2.45) is 0 Å². The third-order valence-corrected chi connectivity index (χ3v) is 4.14. The summed E-state index contributed by atoms with van der Waals surface area (Å²) in [6.45, 7) is -1.19. The summed E-state index contributed by atoms with van der Waals surface area (Å²) in [5, 5.41) is 0. The smallest absolute Gasteiger partial charge is 0.405 e. The van der Waals surface area contributed by atoms with Gasteiger partial charge in [-0.15, -0.1) is 13.2 Å². The number of alkyl halides is 6. The highest BCUT2D eigenvalue weighted by Gasteiger charge is 2.36.